The number of rotatable bonds is 7. The SMILES string of the molecule is CC(NC(=O)Nc1c(Cl)cc(Cl)c(OC(F)(F)C(F)F)c1I)c1nccnc1-c1ccc(C#N)cn1. The zero-order chi connectivity index (χ0) is 26.6. The van der Waals surface area contributed by atoms with E-state index in [1.807, 2.05) is 6.07 Å². The highest BCUT2D eigenvalue weighted by Crippen LogP contribution is 2.43. The Bertz CT molecular complexity index is 1320. The Labute approximate surface area is 225 Å². The molecule has 3 rings (SSSR count). The minimum atomic E-state index is -4.83. The second-order valence-electron chi connectivity index (χ2n) is 6.98. The fourth-order valence-electron chi connectivity index (χ4n) is 2.84. The van der Waals surface area contributed by atoms with E-state index in [9.17, 15) is 22.4 Å². The Balaban J connectivity index is 1.83. The van der Waals surface area contributed by atoms with Crippen molar-refractivity contribution >= 4 is 57.5 Å². The van der Waals surface area contributed by atoms with E-state index >= 15 is 0 Å². The van der Waals surface area contributed by atoms with Crippen LogP contribution in [0, 0.1) is 14.9 Å². The predicted octanol–water partition coefficient (Wildman–Crippen LogP) is 6.44. The number of benzene rings is 1. The Morgan fingerprint density at radius 3 is 2.50 bits per heavy atom. The number of nitriles is 1. The molecule has 0 bridgehead atoms. The first-order valence-electron chi connectivity index (χ1n) is 9.72. The molecule has 1 atom stereocenters. The lowest BCUT2D eigenvalue weighted by Gasteiger charge is -2.21. The number of nitrogens with zero attached hydrogens (tertiary/aromatic N) is 4. The third-order valence-corrected chi connectivity index (χ3v) is 6.09. The zero-order valence-corrected chi connectivity index (χ0v) is 21.5. The molecule has 0 aliphatic carbocycles. The number of carbonyl (C=O) groups is 1. The standard InChI is InChI=1S/C21H13Cl2F4IN6O2/c1-9(15-17(31-5-4-30-15)13-3-2-10(7-29)8-32-13)33-20(35)34-16-11(22)6-12(23)18(14(16)28)36-21(26,27)19(24)25/h2-6,8-9,19H,1H3,(H2,33,34,35). The van der Waals surface area contributed by atoms with Crippen LogP contribution in [0.25, 0.3) is 11.4 Å². The zero-order valence-electron chi connectivity index (χ0n) is 17.9. The van der Waals surface area contributed by atoms with Gasteiger partial charge in [-0.25, -0.2) is 4.79 Å². The van der Waals surface area contributed by atoms with E-state index in [-0.39, 0.29) is 14.3 Å². The summed E-state index contributed by atoms with van der Waals surface area (Å²) in [5, 5.41) is 13.3. The minimum absolute atomic E-state index is 0.151. The number of hydrogen-bond donors (Lipinski definition) is 2. The molecule has 3 aromatic rings. The summed E-state index contributed by atoms with van der Waals surface area (Å²) < 4.78 is 56.0. The molecule has 8 nitrogen and oxygen atoms in total. The van der Waals surface area contributed by atoms with Gasteiger partial charge in [-0.2, -0.15) is 22.8 Å². The first-order valence-corrected chi connectivity index (χ1v) is 11.6. The summed E-state index contributed by atoms with van der Waals surface area (Å²) in [6.07, 6.45) is -4.75. The second kappa shape index (κ2) is 11.4. The van der Waals surface area contributed by atoms with E-state index in [0.29, 0.717) is 22.6 Å². The molecule has 0 aliphatic rings. The van der Waals surface area contributed by atoms with Crippen LogP contribution in [0.5, 0.6) is 5.75 Å². The molecule has 0 saturated heterocycles. The number of halogens is 7. The van der Waals surface area contributed by atoms with Crippen molar-refractivity contribution in [2.45, 2.75) is 25.5 Å². The lowest BCUT2D eigenvalue weighted by Crippen LogP contribution is -2.34. The molecular formula is C21H13Cl2F4IN6O2. The molecule has 0 saturated carbocycles. The van der Waals surface area contributed by atoms with Crippen LogP contribution in [0.2, 0.25) is 10.0 Å². The van der Waals surface area contributed by atoms with Gasteiger partial charge < -0.3 is 15.4 Å². The van der Waals surface area contributed by atoms with E-state index in [1.165, 1.54) is 41.2 Å². The number of urea groups is 1. The van der Waals surface area contributed by atoms with Crippen molar-refractivity contribution in [1.29, 1.82) is 5.26 Å². The van der Waals surface area contributed by atoms with Gasteiger partial charge in [0.15, 0.2) is 5.75 Å². The van der Waals surface area contributed by atoms with Crippen LogP contribution in [0.4, 0.5) is 28.0 Å². The van der Waals surface area contributed by atoms with Gasteiger partial charge in [0.05, 0.1) is 42.3 Å². The van der Waals surface area contributed by atoms with Gasteiger partial charge in [0.2, 0.25) is 0 Å². The van der Waals surface area contributed by atoms with E-state index in [1.54, 1.807) is 19.1 Å². The topological polar surface area (TPSA) is 113 Å². The average Bonchev–Trinajstić information content (AvgIpc) is 2.84. The maximum atomic E-state index is 13.5. The van der Waals surface area contributed by atoms with Crippen molar-refractivity contribution in [3.8, 4) is 23.2 Å². The maximum absolute atomic E-state index is 13.5. The maximum Gasteiger partial charge on any atom is 0.461 e. The molecule has 2 amide bonds. The molecule has 2 aromatic heterocycles. The molecule has 0 aliphatic heterocycles. The summed E-state index contributed by atoms with van der Waals surface area (Å²) in [6.45, 7) is 1.60. The third kappa shape index (κ3) is 6.23. The minimum Gasteiger partial charge on any atom is -0.425 e. The Hall–Kier alpha value is -2.96. The van der Waals surface area contributed by atoms with E-state index < -0.39 is 35.4 Å². The van der Waals surface area contributed by atoms with Crippen LogP contribution in [0.15, 0.2) is 36.8 Å². The second-order valence-corrected chi connectivity index (χ2v) is 8.87. The number of anilines is 1. The fraction of sp³-hybridized carbons (Fsp3) is 0.190. The Morgan fingerprint density at radius 1 is 1.19 bits per heavy atom. The lowest BCUT2D eigenvalue weighted by atomic mass is 10.1. The van der Waals surface area contributed by atoms with Crippen LogP contribution in [-0.4, -0.2) is 33.5 Å². The van der Waals surface area contributed by atoms with Crippen LogP contribution >= 0.6 is 45.8 Å². The molecule has 2 N–H and O–H groups in total. The Kier molecular flexibility index (Phi) is 8.75. The molecule has 36 heavy (non-hydrogen) atoms. The molecule has 1 aromatic carbocycles. The van der Waals surface area contributed by atoms with Crippen LogP contribution < -0.4 is 15.4 Å². The van der Waals surface area contributed by atoms with Gasteiger partial charge in [0, 0.05) is 18.6 Å². The van der Waals surface area contributed by atoms with Gasteiger partial charge >= 0.3 is 18.6 Å². The van der Waals surface area contributed by atoms with Crippen LogP contribution in [-0.2, 0) is 0 Å². The van der Waals surface area contributed by atoms with Crippen molar-refractivity contribution in [2.24, 2.45) is 0 Å². The highest BCUT2D eigenvalue weighted by molar-refractivity contribution is 14.1. The van der Waals surface area contributed by atoms with Crippen molar-refractivity contribution in [3.63, 3.8) is 0 Å². The molecule has 0 spiro atoms. The van der Waals surface area contributed by atoms with Crippen molar-refractivity contribution in [2.75, 3.05) is 5.32 Å². The number of hydrogen-bond acceptors (Lipinski definition) is 6. The van der Waals surface area contributed by atoms with Gasteiger partial charge in [-0.15, -0.1) is 0 Å². The van der Waals surface area contributed by atoms with Crippen LogP contribution in [0.3, 0.4) is 0 Å². The van der Waals surface area contributed by atoms with Crippen molar-refractivity contribution in [1.82, 2.24) is 20.3 Å². The highest BCUT2D eigenvalue weighted by Gasteiger charge is 2.45. The number of nitrogens with one attached hydrogen (secondary N) is 2. The molecule has 0 fully saturated rings. The molecule has 1 unspecified atom stereocenters. The van der Waals surface area contributed by atoms with Gasteiger partial charge in [-0.05, 0) is 47.7 Å². The van der Waals surface area contributed by atoms with E-state index in [2.05, 4.69) is 30.3 Å². The van der Waals surface area contributed by atoms with E-state index in [0.717, 1.165) is 6.07 Å². The Morgan fingerprint density at radius 2 is 1.89 bits per heavy atom. The molecule has 0 radical (unpaired) electrons. The van der Waals surface area contributed by atoms with E-state index in [4.69, 9.17) is 28.5 Å². The number of aromatic nitrogens is 3. The highest BCUT2D eigenvalue weighted by atomic mass is 127. The monoisotopic (exact) mass is 654 g/mol. The molecule has 15 heteroatoms. The fourth-order valence-corrected chi connectivity index (χ4v) is 4.53. The van der Waals surface area contributed by atoms with Gasteiger partial charge in [-0.1, -0.05) is 23.2 Å². The molecular weight excluding hydrogens is 642 g/mol. The van der Waals surface area contributed by atoms with Gasteiger partial charge in [-0.3, -0.25) is 15.0 Å². The van der Waals surface area contributed by atoms with Crippen molar-refractivity contribution < 1.29 is 27.1 Å². The summed E-state index contributed by atoms with van der Waals surface area (Å²) >= 11 is 13.4. The number of pyridine rings is 1. The molecule has 2 heterocycles. The largest absolute Gasteiger partial charge is 0.461 e. The summed E-state index contributed by atoms with van der Waals surface area (Å²) in [4.78, 5) is 25.4. The predicted molar refractivity (Wildman–Crippen MR) is 131 cm³/mol. The smallest absolute Gasteiger partial charge is 0.425 e. The normalized spacial score (nSPS) is 12.1. The summed E-state index contributed by atoms with van der Waals surface area (Å²) in [5.74, 6) is -0.779. The average molecular weight is 655 g/mol. The number of carbonyl (C=O) groups excluding carboxylic acids is 1. The van der Waals surface area contributed by atoms with Crippen LogP contribution in [0.1, 0.15) is 24.2 Å². The number of amides is 2. The number of ether oxygens (including phenoxy) is 1. The molecule has 188 valence electrons. The van der Waals surface area contributed by atoms with Crippen molar-refractivity contribution in [3.05, 3.63) is 61.7 Å². The summed E-state index contributed by atoms with van der Waals surface area (Å²) in [7, 11) is 0. The lowest BCUT2D eigenvalue weighted by molar-refractivity contribution is -0.253. The first-order chi connectivity index (χ1) is 16.9. The quantitative estimate of drug-likeness (QED) is 0.224. The van der Waals surface area contributed by atoms with Gasteiger partial charge in [0.25, 0.3) is 0 Å². The van der Waals surface area contributed by atoms with Gasteiger partial charge in [0.1, 0.15) is 11.8 Å². The first kappa shape index (κ1) is 27.6. The third-order valence-electron chi connectivity index (χ3n) is 4.48. The number of alkyl halides is 4. The summed E-state index contributed by atoms with van der Waals surface area (Å²) in [6, 6.07) is 4.48. The summed E-state index contributed by atoms with van der Waals surface area (Å²) in [5.41, 5.74) is 1.24.